The molecule has 0 radical (unpaired) electrons. The van der Waals surface area contributed by atoms with E-state index in [0.717, 1.165) is 0 Å². The molecule has 0 aliphatic rings. The van der Waals surface area contributed by atoms with Crippen LogP contribution in [0, 0.1) is 4.91 Å². The highest BCUT2D eigenvalue weighted by Crippen LogP contribution is 2.29. The van der Waals surface area contributed by atoms with Gasteiger partial charge in [0.05, 0.1) is 4.75 Å². The summed E-state index contributed by atoms with van der Waals surface area (Å²) in [4.78, 5) is 55.6. The van der Waals surface area contributed by atoms with Crippen LogP contribution in [0.4, 0.5) is 0 Å². The topological polar surface area (TPSA) is 188 Å². The number of nitrogens with two attached hydrogens (primary N) is 1. The molecule has 0 spiro atoms. The van der Waals surface area contributed by atoms with Gasteiger partial charge in [-0.05, 0) is 20.3 Å². The van der Waals surface area contributed by atoms with E-state index in [-0.39, 0.29) is 12.8 Å². The molecule has 2 amide bonds. The monoisotopic (exact) mass is 364 g/mol. The van der Waals surface area contributed by atoms with Crippen LogP contribution < -0.4 is 16.4 Å². The van der Waals surface area contributed by atoms with Crippen molar-refractivity contribution >= 4 is 35.7 Å². The lowest BCUT2D eigenvalue weighted by atomic mass is 10.0. The molecule has 11 nitrogen and oxygen atoms in total. The summed E-state index contributed by atoms with van der Waals surface area (Å²) in [7, 11) is 0. The number of hydrogen-bond acceptors (Lipinski definition) is 8. The summed E-state index contributed by atoms with van der Waals surface area (Å²) in [6.07, 6.45) is -0.407. The van der Waals surface area contributed by atoms with Crippen LogP contribution in [0.15, 0.2) is 4.58 Å². The van der Waals surface area contributed by atoms with E-state index in [1.54, 1.807) is 0 Å². The number of carboxylic acids is 2. The molecule has 12 heteroatoms. The first-order valence-electron chi connectivity index (χ1n) is 6.79. The summed E-state index contributed by atoms with van der Waals surface area (Å²) in [6, 6.07) is -2.48. The summed E-state index contributed by atoms with van der Waals surface area (Å²) in [5.41, 5.74) is 5.29. The van der Waals surface area contributed by atoms with Crippen LogP contribution in [0.2, 0.25) is 0 Å². The van der Waals surface area contributed by atoms with E-state index in [1.165, 1.54) is 13.8 Å². The molecule has 0 aliphatic heterocycles. The summed E-state index contributed by atoms with van der Waals surface area (Å²) in [6.45, 7) is 2.27. The molecule has 0 aliphatic carbocycles. The van der Waals surface area contributed by atoms with Crippen LogP contribution >= 0.6 is 11.9 Å². The van der Waals surface area contributed by atoms with Gasteiger partial charge in [0.15, 0.2) is 0 Å². The molecule has 0 rings (SSSR count). The molecule has 0 fully saturated rings. The Labute approximate surface area is 141 Å². The molecule has 2 atom stereocenters. The number of rotatable bonds is 11. The molecule has 136 valence electrons. The van der Waals surface area contributed by atoms with Crippen molar-refractivity contribution in [2.45, 2.75) is 43.5 Å². The fourth-order valence-electron chi connectivity index (χ4n) is 1.61. The second-order valence-corrected chi connectivity index (χ2v) is 6.75. The highest BCUT2D eigenvalue weighted by Gasteiger charge is 2.38. The number of nitrogens with zero attached hydrogens (tertiary/aromatic N) is 1. The van der Waals surface area contributed by atoms with Crippen molar-refractivity contribution in [3.8, 4) is 0 Å². The fraction of sp³-hybridized carbons (Fsp3) is 0.667. The van der Waals surface area contributed by atoms with Crippen LogP contribution in [0.1, 0.15) is 26.7 Å². The zero-order valence-electron chi connectivity index (χ0n) is 13.1. The van der Waals surface area contributed by atoms with Crippen molar-refractivity contribution in [2.24, 2.45) is 10.3 Å². The third kappa shape index (κ3) is 7.87. The highest BCUT2D eigenvalue weighted by molar-refractivity contribution is 7.99. The molecule has 0 bridgehead atoms. The lowest BCUT2D eigenvalue weighted by Gasteiger charge is -2.30. The SMILES string of the molecule is CC(C)(SN=O)[C@H](NC(=O)CC[C@H](N)C(=O)O)C(=O)NCC(=O)O. The Morgan fingerprint density at radius 2 is 1.83 bits per heavy atom. The number of aliphatic carboxylic acids is 2. The van der Waals surface area contributed by atoms with Gasteiger partial charge in [-0.3, -0.25) is 19.2 Å². The van der Waals surface area contributed by atoms with E-state index in [1.807, 2.05) is 0 Å². The van der Waals surface area contributed by atoms with Gasteiger partial charge in [0.2, 0.25) is 11.8 Å². The van der Waals surface area contributed by atoms with Gasteiger partial charge in [0, 0.05) is 23.0 Å². The molecule has 0 unspecified atom stereocenters. The van der Waals surface area contributed by atoms with Crippen LogP contribution in [-0.2, 0) is 19.2 Å². The standard InChI is InChI=1S/C12H20N4O7S/c1-12(2,24-16-23)9(10(20)14-5-8(18)19)15-7(17)4-3-6(13)11(21)22/h6,9H,3-5,13H2,1-2H3,(H,14,20)(H,15,17)(H,18,19)(H,21,22)/t6-,9+/m0/s1. The number of carboxylic acid groups (broad SMARTS) is 2. The van der Waals surface area contributed by atoms with Crippen molar-refractivity contribution < 1.29 is 29.4 Å². The van der Waals surface area contributed by atoms with Crippen molar-refractivity contribution in [3.63, 3.8) is 0 Å². The van der Waals surface area contributed by atoms with Crippen LogP contribution in [-0.4, -0.2) is 57.3 Å². The lowest BCUT2D eigenvalue weighted by Crippen LogP contribution is -2.57. The number of hydrogen-bond donors (Lipinski definition) is 5. The van der Waals surface area contributed by atoms with E-state index in [9.17, 15) is 24.1 Å². The number of amides is 2. The maximum Gasteiger partial charge on any atom is 0.322 e. The van der Waals surface area contributed by atoms with Gasteiger partial charge in [0.1, 0.15) is 18.6 Å². The largest absolute Gasteiger partial charge is 0.480 e. The smallest absolute Gasteiger partial charge is 0.322 e. The van der Waals surface area contributed by atoms with Gasteiger partial charge >= 0.3 is 11.9 Å². The molecule has 6 N–H and O–H groups in total. The van der Waals surface area contributed by atoms with Crippen molar-refractivity contribution in [1.29, 1.82) is 0 Å². The van der Waals surface area contributed by atoms with E-state index >= 15 is 0 Å². The molecule has 0 saturated carbocycles. The molecule has 0 aromatic heterocycles. The van der Waals surface area contributed by atoms with Gasteiger partial charge in [-0.1, -0.05) is 0 Å². The molecule has 0 heterocycles. The average molecular weight is 364 g/mol. The van der Waals surface area contributed by atoms with Crippen molar-refractivity contribution in [2.75, 3.05) is 6.54 Å². The Bertz CT molecular complexity index is 512. The molecular formula is C12H20N4O7S. The summed E-state index contributed by atoms with van der Waals surface area (Å²) < 4.78 is 1.47. The minimum atomic E-state index is -1.28. The molecule has 0 aromatic carbocycles. The first kappa shape index (κ1) is 21.8. The Balaban J connectivity index is 4.96. The molecule has 0 aromatic rings. The van der Waals surface area contributed by atoms with Gasteiger partial charge in [-0.2, -0.15) is 0 Å². The Kier molecular flexibility index (Phi) is 8.92. The summed E-state index contributed by atoms with van der Waals surface area (Å²) in [5.74, 6) is -4.02. The van der Waals surface area contributed by atoms with E-state index in [0.29, 0.717) is 11.9 Å². The summed E-state index contributed by atoms with van der Waals surface area (Å²) in [5, 5.41) is 21.7. The van der Waals surface area contributed by atoms with E-state index in [4.69, 9.17) is 15.9 Å². The zero-order valence-corrected chi connectivity index (χ0v) is 14.0. The third-order valence-corrected chi connectivity index (χ3v) is 3.73. The highest BCUT2D eigenvalue weighted by atomic mass is 32.2. The number of carbonyl (C=O) groups excluding carboxylic acids is 2. The van der Waals surface area contributed by atoms with Gasteiger partial charge in [0.25, 0.3) is 0 Å². The maximum absolute atomic E-state index is 12.1. The predicted octanol–water partition coefficient (Wildman–Crippen LogP) is -0.943. The average Bonchev–Trinajstić information content (AvgIpc) is 2.47. The van der Waals surface area contributed by atoms with Gasteiger partial charge < -0.3 is 26.6 Å². The predicted molar refractivity (Wildman–Crippen MR) is 84.9 cm³/mol. The fourth-order valence-corrected chi connectivity index (χ4v) is 2.08. The first-order chi connectivity index (χ1) is 11.0. The minimum absolute atomic E-state index is 0.149. The Morgan fingerprint density at radius 1 is 1.25 bits per heavy atom. The quantitative estimate of drug-likeness (QED) is 0.227. The minimum Gasteiger partial charge on any atom is -0.480 e. The van der Waals surface area contributed by atoms with Crippen molar-refractivity contribution in [3.05, 3.63) is 4.91 Å². The van der Waals surface area contributed by atoms with E-state index < -0.39 is 47.1 Å². The first-order valence-corrected chi connectivity index (χ1v) is 7.56. The number of nitroso groups, excluding NO2 is 1. The maximum atomic E-state index is 12.1. The number of carbonyl (C=O) groups is 4. The second-order valence-electron chi connectivity index (χ2n) is 5.36. The molecular weight excluding hydrogens is 344 g/mol. The lowest BCUT2D eigenvalue weighted by molar-refractivity contribution is -0.139. The van der Waals surface area contributed by atoms with Crippen LogP contribution in [0.5, 0.6) is 0 Å². The Morgan fingerprint density at radius 3 is 2.29 bits per heavy atom. The van der Waals surface area contributed by atoms with Crippen molar-refractivity contribution in [1.82, 2.24) is 10.6 Å². The third-order valence-electron chi connectivity index (χ3n) is 2.95. The van der Waals surface area contributed by atoms with Gasteiger partial charge in [-0.15, -0.1) is 4.91 Å². The van der Waals surface area contributed by atoms with Crippen LogP contribution in [0.3, 0.4) is 0 Å². The van der Waals surface area contributed by atoms with Gasteiger partial charge in [-0.25, -0.2) is 0 Å². The molecule has 0 saturated heterocycles. The zero-order chi connectivity index (χ0) is 18.9. The molecule has 24 heavy (non-hydrogen) atoms. The normalized spacial score (nSPS) is 13.5. The number of nitrogens with one attached hydrogen (secondary N) is 2. The van der Waals surface area contributed by atoms with E-state index in [2.05, 4.69) is 15.2 Å². The second kappa shape index (κ2) is 9.82. The summed E-state index contributed by atoms with van der Waals surface area (Å²) >= 11 is 0.503. The van der Waals surface area contributed by atoms with Crippen LogP contribution in [0.25, 0.3) is 0 Å². The Hall–Kier alpha value is -2.21.